The maximum atomic E-state index is 11.6. The van der Waals surface area contributed by atoms with E-state index in [1.807, 2.05) is 4.90 Å². The summed E-state index contributed by atoms with van der Waals surface area (Å²) in [5, 5.41) is 0.533. The van der Waals surface area contributed by atoms with Crippen molar-refractivity contribution in [3.63, 3.8) is 0 Å². The molecule has 0 aromatic carbocycles. The SMILES string of the molecule is C=CCN1C(=NC(=O)COC)S[C@@H]2CS(=O)(=O)C[C@@H]21. The number of nitrogens with zero attached hydrogens (tertiary/aromatic N) is 2. The van der Waals surface area contributed by atoms with Gasteiger partial charge in [-0.1, -0.05) is 17.8 Å². The van der Waals surface area contributed by atoms with Crippen LogP contribution in [0.15, 0.2) is 17.6 Å². The first-order valence-corrected chi connectivity index (χ1v) is 8.52. The Balaban J connectivity index is 2.19. The van der Waals surface area contributed by atoms with Gasteiger partial charge < -0.3 is 9.64 Å². The summed E-state index contributed by atoms with van der Waals surface area (Å²) in [6.45, 7) is 4.08. The molecule has 2 saturated heterocycles. The van der Waals surface area contributed by atoms with Crippen LogP contribution in [-0.2, 0) is 19.4 Å². The van der Waals surface area contributed by atoms with Gasteiger partial charge in [0.05, 0.1) is 17.5 Å². The van der Waals surface area contributed by atoms with Crippen molar-refractivity contribution in [1.29, 1.82) is 0 Å². The number of ether oxygens (including phenoxy) is 1. The predicted molar refractivity (Wildman–Crippen MR) is 75.0 cm³/mol. The highest BCUT2D eigenvalue weighted by molar-refractivity contribution is 8.15. The molecule has 2 aliphatic rings. The van der Waals surface area contributed by atoms with Gasteiger partial charge in [0.1, 0.15) is 6.61 Å². The molecule has 0 saturated carbocycles. The van der Waals surface area contributed by atoms with Crippen molar-refractivity contribution in [1.82, 2.24) is 4.90 Å². The van der Waals surface area contributed by atoms with Gasteiger partial charge in [0.2, 0.25) is 0 Å². The van der Waals surface area contributed by atoms with Crippen LogP contribution >= 0.6 is 11.8 Å². The lowest BCUT2D eigenvalue weighted by molar-refractivity contribution is -0.121. The van der Waals surface area contributed by atoms with Gasteiger partial charge in [0.25, 0.3) is 5.91 Å². The lowest BCUT2D eigenvalue weighted by atomic mass is 10.2. The molecule has 106 valence electrons. The lowest BCUT2D eigenvalue weighted by Crippen LogP contribution is -2.37. The average Bonchev–Trinajstić information content (AvgIpc) is 2.74. The zero-order valence-electron chi connectivity index (χ0n) is 10.6. The number of amides is 1. The van der Waals surface area contributed by atoms with Gasteiger partial charge in [-0.3, -0.25) is 4.79 Å². The lowest BCUT2D eigenvalue weighted by Gasteiger charge is -2.22. The minimum atomic E-state index is -2.98. The first-order chi connectivity index (χ1) is 8.96. The van der Waals surface area contributed by atoms with Gasteiger partial charge in [0.15, 0.2) is 15.0 Å². The molecule has 0 bridgehead atoms. The molecule has 8 heteroatoms. The van der Waals surface area contributed by atoms with E-state index in [1.165, 1.54) is 18.9 Å². The molecule has 2 rings (SSSR count). The highest BCUT2D eigenvalue weighted by atomic mass is 32.2. The molecule has 0 unspecified atom stereocenters. The first kappa shape index (κ1) is 14.5. The quantitative estimate of drug-likeness (QED) is 0.676. The predicted octanol–water partition coefficient (Wildman–Crippen LogP) is -0.0842. The Bertz CT molecular complexity index is 515. The van der Waals surface area contributed by atoms with Gasteiger partial charge >= 0.3 is 0 Å². The van der Waals surface area contributed by atoms with Gasteiger partial charge in [-0.05, 0) is 0 Å². The van der Waals surface area contributed by atoms with Crippen LogP contribution in [0.5, 0.6) is 0 Å². The van der Waals surface area contributed by atoms with Crippen LogP contribution < -0.4 is 0 Å². The molecule has 2 atom stereocenters. The minimum Gasteiger partial charge on any atom is -0.375 e. The second-order valence-electron chi connectivity index (χ2n) is 4.46. The van der Waals surface area contributed by atoms with Crippen molar-refractivity contribution in [2.24, 2.45) is 4.99 Å². The van der Waals surface area contributed by atoms with Crippen LogP contribution in [0.1, 0.15) is 0 Å². The second kappa shape index (κ2) is 5.64. The molecule has 0 radical (unpaired) electrons. The van der Waals surface area contributed by atoms with E-state index in [4.69, 9.17) is 4.74 Å². The van der Waals surface area contributed by atoms with E-state index in [-0.39, 0.29) is 35.3 Å². The maximum Gasteiger partial charge on any atom is 0.274 e. The van der Waals surface area contributed by atoms with Crippen LogP contribution in [0.25, 0.3) is 0 Å². The topological polar surface area (TPSA) is 76.0 Å². The second-order valence-corrected chi connectivity index (χ2v) is 7.82. The molecule has 0 spiro atoms. The highest BCUT2D eigenvalue weighted by Gasteiger charge is 2.48. The zero-order chi connectivity index (χ0) is 14.0. The standard InChI is InChI=1S/C11H16N2O4S2/c1-3-4-13-8-6-19(15,16)7-9(8)18-11(13)12-10(14)5-17-2/h3,8-9H,1,4-7H2,2H3/t8-,9+/m0/s1. The number of aliphatic imine (C=N–C) groups is 1. The fourth-order valence-electron chi connectivity index (χ4n) is 2.25. The summed E-state index contributed by atoms with van der Waals surface area (Å²) in [5.74, 6) is -0.0920. The molecule has 19 heavy (non-hydrogen) atoms. The summed E-state index contributed by atoms with van der Waals surface area (Å²) in [5.41, 5.74) is 0. The molecule has 0 aromatic heterocycles. The van der Waals surface area contributed by atoms with Gasteiger partial charge in [-0.25, -0.2) is 8.42 Å². The summed E-state index contributed by atoms with van der Waals surface area (Å²) >= 11 is 1.36. The monoisotopic (exact) mass is 304 g/mol. The summed E-state index contributed by atoms with van der Waals surface area (Å²) in [4.78, 5) is 17.3. The molecule has 0 N–H and O–H groups in total. The Morgan fingerprint density at radius 3 is 3.00 bits per heavy atom. The molecular formula is C11H16N2O4S2. The number of fused-ring (bicyclic) bond motifs is 1. The van der Waals surface area contributed by atoms with E-state index in [2.05, 4.69) is 11.6 Å². The summed E-state index contributed by atoms with van der Waals surface area (Å²) in [6, 6.07) is -0.109. The van der Waals surface area contributed by atoms with E-state index in [9.17, 15) is 13.2 Å². The van der Waals surface area contributed by atoms with E-state index < -0.39 is 9.84 Å². The molecule has 6 nitrogen and oxygen atoms in total. The number of carbonyl (C=O) groups excluding carboxylic acids is 1. The Hall–Kier alpha value is -0.860. The van der Waals surface area contributed by atoms with Gasteiger partial charge in [0, 0.05) is 18.9 Å². The first-order valence-electron chi connectivity index (χ1n) is 5.82. The Morgan fingerprint density at radius 1 is 1.63 bits per heavy atom. The average molecular weight is 304 g/mol. The number of hydrogen-bond acceptors (Lipinski definition) is 5. The van der Waals surface area contributed by atoms with E-state index in [0.29, 0.717) is 11.7 Å². The van der Waals surface area contributed by atoms with Crippen molar-refractivity contribution < 1.29 is 17.9 Å². The number of methoxy groups -OCH3 is 1. The summed E-state index contributed by atoms with van der Waals surface area (Å²) < 4.78 is 28.0. The summed E-state index contributed by atoms with van der Waals surface area (Å²) in [7, 11) is -1.55. The third-order valence-electron chi connectivity index (χ3n) is 2.99. The van der Waals surface area contributed by atoms with Crippen molar-refractivity contribution in [3.05, 3.63) is 12.7 Å². The van der Waals surface area contributed by atoms with Gasteiger partial charge in [-0.2, -0.15) is 4.99 Å². The van der Waals surface area contributed by atoms with E-state index in [0.717, 1.165) is 0 Å². The Labute approximate surface area is 116 Å². The molecule has 2 heterocycles. The van der Waals surface area contributed by atoms with E-state index in [1.54, 1.807) is 6.08 Å². The van der Waals surface area contributed by atoms with Crippen LogP contribution in [0, 0.1) is 0 Å². The molecule has 0 aliphatic carbocycles. The smallest absolute Gasteiger partial charge is 0.274 e. The number of rotatable bonds is 4. The van der Waals surface area contributed by atoms with Crippen LogP contribution in [0.2, 0.25) is 0 Å². The maximum absolute atomic E-state index is 11.6. The Kier molecular flexibility index (Phi) is 4.32. The summed E-state index contributed by atoms with van der Waals surface area (Å²) in [6.07, 6.45) is 1.68. The fourth-order valence-corrected chi connectivity index (χ4v) is 6.23. The number of amidine groups is 1. The molecule has 2 fully saturated rings. The highest BCUT2D eigenvalue weighted by Crippen LogP contribution is 2.37. The van der Waals surface area contributed by atoms with Crippen molar-refractivity contribution in [2.45, 2.75) is 11.3 Å². The zero-order valence-corrected chi connectivity index (χ0v) is 12.2. The molecule has 1 amide bonds. The largest absolute Gasteiger partial charge is 0.375 e. The third kappa shape index (κ3) is 3.18. The van der Waals surface area contributed by atoms with Crippen LogP contribution in [0.3, 0.4) is 0 Å². The van der Waals surface area contributed by atoms with E-state index >= 15 is 0 Å². The number of hydrogen-bond donors (Lipinski definition) is 0. The molecular weight excluding hydrogens is 288 g/mol. The molecule has 2 aliphatic heterocycles. The number of carbonyl (C=O) groups is 1. The van der Waals surface area contributed by atoms with Crippen molar-refractivity contribution >= 4 is 32.7 Å². The van der Waals surface area contributed by atoms with Crippen molar-refractivity contribution in [3.8, 4) is 0 Å². The van der Waals surface area contributed by atoms with Gasteiger partial charge in [-0.15, -0.1) is 6.58 Å². The normalized spacial score (nSPS) is 30.6. The van der Waals surface area contributed by atoms with Crippen LogP contribution in [0.4, 0.5) is 0 Å². The minimum absolute atomic E-state index is 0.0426. The molecule has 0 aromatic rings. The third-order valence-corrected chi connectivity index (χ3v) is 6.24. The van der Waals surface area contributed by atoms with Crippen LogP contribution in [-0.4, -0.2) is 67.5 Å². The van der Waals surface area contributed by atoms with Crippen molar-refractivity contribution in [2.75, 3.05) is 31.8 Å². The fraction of sp³-hybridized carbons (Fsp3) is 0.636. The number of thioether (sulfide) groups is 1. The Morgan fingerprint density at radius 2 is 2.37 bits per heavy atom. The number of sulfone groups is 1.